The third-order valence-corrected chi connectivity index (χ3v) is 3.72. The van der Waals surface area contributed by atoms with E-state index in [4.69, 9.17) is 5.73 Å². The first-order chi connectivity index (χ1) is 9.24. The van der Waals surface area contributed by atoms with Crippen molar-refractivity contribution in [1.29, 1.82) is 0 Å². The minimum Gasteiger partial charge on any atom is -0.364 e. The van der Waals surface area contributed by atoms with Crippen molar-refractivity contribution in [3.63, 3.8) is 0 Å². The van der Waals surface area contributed by atoms with Crippen LogP contribution in [-0.4, -0.2) is 15.5 Å². The first-order valence-corrected chi connectivity index (χ1v) is 6.44. The molecule has 0 bridgehead atoms. The van der Waals surface area contributed by atoms with Gasteiger partial charge < -0.3 is 10.3 Å². The lowest BCUT2D eigenvalue weighted by Crippen LogP contribution is -2.19. The number of benzene rings is 1. The van der Waals surface area contributed by atoms with Crippen molar-refractivity contribution in [2.45, 2.75) is 18.9 Å². The molecule has 2 heterocycles. The van der Waals surface area contributed by atoms with Crippen LogP contribution in [-0.2, 0) is 0 Å². The van der Waals surface area contributed by atoms with Gasteiger partial charge in [-0.1, -0.05) is 18.2 Å². The maximum absolute atomic E-state index is 11.6. The van der Waals surface area contributed by atoms with Gasteiger partial charge in [-0.2, -0.15) is 0 Å². The summed E-state index contributed by atoms with van der Waals surface area (Å²) in [6.45, 7) is 0. The van der Waals surface area contributed by atoms with Gasteiger partial charge in [0.25, 0.3) is 5.91 Å². The molecule has 0 spiro atoms. The molecule has 1 amide bonds. The number of hydrogen-bond donors (Lipinski definition) is 1. The van der Waals surface area contributed by atoms with E-state index in [1.165, 1.54) is 0 Å². The molecule has 0 atom stereocenters. The highest BCUT2D eigenvalue weighted by atomic mass is 16.1. The van der Waals surface area contributed by atoms with Gasteiger partial charge in [-0.15, -0.1) is 0 Å². The van der Waals surface area contributed by atoms with Gasteiger partial charge in [-0.05, 0) is 25.0 Å². The highest BCUT2D eigenvalue weighted by Crippen LogP contribution is 2.39. The van der Waals surface area contributed by atoms with Crippen LogP contribution in [0.3, 0.4) is 0 Å². The Bertz CT molecular complexity index is 770. The van der Waals surface area contributed by atoms with E-state index in [1.54, 1.807) is 0 Å². The van der Waals surface area contributed by atoms with Crippen LogP contribution in [0, 0.1) is 0 Å². The molecule has 3 aliphatic rings. The molecule has 94 valence electrons. The summed E-state index contributed by atoms with van der Waals surface area (Å²) in [6.07, 6.45) is 4.18. The molecule has 0 saturated heterocycles. The van der Waals surface area contributed by atoms with E-state index in [2.05, 4.69) is 4.98 Å². The summed E-state index contributed by atoms with van der Waals surface area (Å²) in [6, 6.07) is 10.3. The van der Waals surface area contributed by atoms with Gasteiger partial charge in [0.15, 0.2) is 0 Å². The van der Waals surface area contributed by atoms with E-state index in [9.17, 15) is 4.79 Å². The number of para-hydroxylation sites is 1. The van der Waals surface area contributed by atoms with E-state index in [1.807, 2.05) is 41.1 Å². The van der Waals surface area contributed by atoms with Crippen LogP contribution < -0.4 is 5.73 Å². The summed E-state index contributed by atoms with van der Waals surface area (Å²) in [5.74, 6) is -0.376. The summed E-state index contributed by atoms with van der Waals surface area (Å²) in [7, 11) is 0. The number of carbonyl (C=O) groups excluding carboxylic acids is 1. The summed E-state index contributed by atoms with van der Waals surface area (Å²) in [5, 5.41) is 1.07. The molecular weight excluding hydrogens is 238 g/mol. The third-order valence-electron chi connectivity index (χ3n) is 3.72. The Morgan fingerprint density at radius 2 is 2.11 bits per heavy atom. The average Bonchev–Trinajstić information content (AvgIpc) is 3.18. The Morgan fingerprint density at radius 1 is 1.32 bits per heavy atom. The maximum Gasteiger partial charge on any atom is 0.265 e. The Morgan fingerprint density at radius 3 is 2.84 bits per heavy atom. The summed E-state index contributed by atoms with van der Waals surface area (Å²) in [5.41, 5.74) is 8.97. The molecule has 4 heteroatoms. The molecule has 0 unspecified atom stereocenters. The zero-order chi connectivity index (χ0) is 13.0. The maximum atomic E-state index is 11.6. The number of fused-ring (bicyclic) bond motifs is 3. The number of amides is 1. The largest absolute Gasteiger partial charge is 0.364 e. The summed E-state index contributed by atoms with van der Waals surface area (Å²) in [4.78, 5) is 16.3. The van der Waals surface area contributed by atoms with Crippen LogP contribution in [0.5, 0.6) is 0 Å². The standard InChI is InChI=1S/C15H13N3O/c16-15(19)14-7-11-10-3-1-2-4-12(10)17-13(11)8-18(14)9-5-6-9/h1-4,7-9H,5-6H2,(H2,16,19). The Kier molecular flexibility index (Phi) is 1.98. The van der Waals surface area contributed by atoms with Crippen LogP contribution in [0.25, 0.3) is 22.2 Å². The predicted molar refractivity (Wildman–Crippen MR) is 73.1 cm³/mol. The molecule has 19 heavy (non-hydrogen) atoms. The minimum absolute atomic E-state index is 0.376. The predicted octanol–water partition coefficient (Wildman–Crippen LogP) is 2.57. The van der Waals surface area contributed by atoms with Gasteiger partial charge in [0, 0.05) is 23.2 Å². The van der Waals surface area contributed by atoms with Crippen molar-refractivity contribution in [3.8, 4) is 11.3 Å². The SMILES string of the molecule is NC(=O)c1cc2c3ccccc3nc-2cn1C1CC1. The number of carbonyl (C=O) groups is 1. The molecule has 1 aromatic rings. The Labute approximate surface area is 110 Å². The van der Waals surface area contributed by atoms with Crippen LogP contribution in [0.15, 0.2) is 36.5 Å². The second kappa shape index (κ2) is 3.57. The Hall–Kier alpha value is -2.36. The number of nitrogens with zero attached hydrogens (tertiary/aromatic N) is 2. The molecular formula is C15H13N3O. The number of hydrogen-bond acceptors (Lipinski definition) is 2. The topological polar surface area (TPSA) is 60.9 Å². The third kappa shape index (κ3) is 1.53. The van der Waals surface area contributed by atoms with Crippen molar-refractivity contribution < 1.29 is 4.79 Å². The zero-order valence-electron chi connectivity index (χ0n) is 10.3. The van der Waals surface area contributed by atoms with Gasteiger partial charge in [0.05, 0.1) is 11.2 Å². The quantitative estimate of drug-likeness (QED) is 0.761. The lowest BCUT2D eigenvalue weighted by Gasteiger charge is -2.12. The average molecular weight is 251 g/mol. The normalized spacial score (nSPS) is 15.2. The van der Waals surface area contributed by atoms with Crippen LogP contribution in [0.2, 0.25) is 0 Å². The first kappa shape index (κ1) is 10.6. The molecule has 2 N–H and O–H groups in total. The Balaban J connectivity index is 2.08. The molecule has 2 aliphatic heterocycles. The van der Waals surface area contributed by atoms with Crippen LogP contribution in [0.1, 0.15) is 29.4 Å². The van der Waals surface area contributed by atoms with Gasteiger partial charge in [-0.3, -0.25) is 4.79 Å². The van der Waals surface area contributed by atoms with Crippen molar-refractivity contribution in [2.24, 2.45) is 5.73 Å². The summed E-state index contributed by atoms with van der Waals surface area (Å²) < 4.78 is 1.98. The molecule has 4 nitrogen and oxygen atoms in total. The second-order valence-electron chi connectivity index (χ2n) is 5.09. The van der Waals surface area contributed by atoms with E-state index in [-0.39, 0.29) is 5.91 Å². The molecule has 1 aliphatic carbocycles. The molecule has 4 rings (SSSR count). The monoisotopic (exact) mass is 251 g/mol. The van der Waals surface area contributed by atoms with Crippen molar-refractivity contribution in [2.75, 3.05) is 0 Å². The van der Waals surface area contributed by atoms with Gasteiger partial charge in [-0.25, -0.2) is 4.98 Å². The number of primary amides is 1. The number of pyridine rings is 1. The van der Waals surface area contributed by atoms with E-state index in [0.29, 0.717) is 11.7 Å². The molecule has 1 aromatic carbocycles. The van der Waals surface area contributed by atoms with Crippen molar-refractivity contribution in [3.05, 3.63) is 42.2 Å². The minimum atomic E-state index is -0.376. The van der Waals surface area contributed by atoms with Crippen molar-refractivity contribution in [1.82, 2.24) is 9.55 Å². The number of rotatable bonds is 2. The first-order valence-electron chi connectivity index (χ1n) is 6.44. The molecule has 1 saturated carbocycles. The highest BCUT2D eigenvalue weighted by molar-refractivity contribution is 6.00. The smallest absolute Gasteiger partial charge is 0.265 e. The molecule has 1 fully saturated rings. The number of nitrogens with two attached hydrogens (primary N) is 1. The fraction of sp³-hybridized carbons (Fsp3) is 0.200. The van der Waals surface area contributed by atoms with E-state index in [0.717, 1.165) is 35.0 Å². The number of aromatic nitrogens is 2. The van der Waals surface area contributed by atoms with Gasteiger partial charge in [0.1, 0.15) is 5.69 Å². The second-order valence-corrected chi connectivity index (χ2v) is 5.09. The van der Waals surface area contributed by atoms with Gasteiger partial charge in [0.2, 0.25) is 0 Å². The zero-order valence-corrected chi connectivity index (χ0v) is 10.3. The van der Waals surface area contributed by atoms with E-state index < -0.39 is 0 Å². The summed E-state index contributed by atoms with van der Waals surface area (Å²) >= 11 is 0. The molecule has 0 radical (unpaired) electrons. The van der Waals surface area contributed by atoms with E-state index >= 15 is 0 Å². The van der Waals surface area contributed by atoms with Crippen molar-refractivity contribution >= 4 is 16.8 Å². The fourth-order valence-electron chi connectivity index (χ4n) is 2.64. The lowest BCUT2D eigenvalue weighted by atomic mass is 10.1. The molecule has 0 aromatic heterocycles. The van der Waals surface area contributed by atoms with Gasteiger partial charge >= 0.3 is 0 Å². The van der Waals surface area contributed by atoms with Crippen LogP contribution in [0.4, 0.5) is 0 Å². The fourth-order valence-corrected chi connectivity index (χ4v) is 2.64. The van der Waals surface area contributed by atoms with Crippen LogP contribution >= 0.6 is 0 Å². The highest BCUT2D eigenvalue weighted by Gasteiger charge is 2.28. The lowest BCUT2D eigenvalue weighted by molar-refractivity contribution is 0.0990.